The molecule has 0 spiro atoms. The Morgan fingerprint density at radius 1 is 1.27 bits per heavy atom. The second kappa shape index (κ2) is 10.0. The van der Waals surface area contributed by atoms with Crippen LogP contribution in [0.25, 0.3) is 0 Å². The Hall–Kier alpha value is -3.20. The third-order valence-corrected chi connectivity index (χ3v) is 4.48. The van der Waals surface area contributed by atoms with Crippen LogP contribution in [-0.2, 0) is 0 Å². The Morgan fingerprint density at radius 2 is 2.00 bits per heavy atom. The first kappa shape index (κ1) is 23.1. The first-order valence-electron chi connectivity index (χ1n) is 10.1. The number of aromatic nitrogens is 1. The maximum Gasteiger partial charge on any atom is 0.273 e. The van der Waals surface area contributed by atoms with Crippen LogP contribution in [0.2, 0.25) is 0 Å². The topological polar surface area (TPSA) is 74.7 Å². The Bertz CT molecular complexity index is 952. The number of benzene rings is 1. The number of amides is 1. The Labute approximate surface area is 179 Å². The summed E-state index contributed by atoms with van der Waals surface area (Å²) in [6.07, 6.45) is 1.50. The Balaban J connectivity index is 2.25. The monoisotopic (exact) mass is 409 g/mol. The van der Waals surface area contributed by atoms with E-state index < -0.39 is 5.91 Å². The van der Waals surface area contributed by atoms with E-state index in [9.17, 15) is 9.90 Å². The number of ether oxygens (including phenoxy) is 1. The van der Waals surface area contributed by atoms with Crippen molar-refractivity contribution >= 4 is 11.6 Å². The molecule has 2 N–H and O–H groups in total. The van der Waals surface area contributed by atoms with Gasteiger partial charge in [0, 0.05) is 35.6 Å². The van der Waals surface area contributed by atoms with E-state index in [1.54, 1.807) is 6.92 Å². The molecule has 0 saturated heterocycles. The number of nitrogens with zero attached hydrogens (tertiary/aromatic N) is 2. The molecule has 0 aliphatic rings. The van der Waals surface area contributed by atoms with Gasteiger partial charge >= 0.3 is 0 Å². The van der Waals surface area contributed by atoms with E-state index in [0.29, 0.717) is 25.3 Å². The number of rotatable bonds is 6. The predicted molar refractivity (Wildman–Crippen MR) is 120 cm³/mol. The van der Waals surface area contributed by atoms with E-state index in [2.05, 4.69) is 59.9 Å². The first-order valence-corrected chi connectivity index (χ1v) is 10.1. The van der Waals surface area contributed by atoms with Crippen LogP contribution in [-0.4, -0.2) is 41.2 Å². The molecule has 1 aromatic carbocycles. The molecule has 0 unspecified atom stereocenters. The molecule has 1 aromatic heterocycles. The number of anilines is 1. The van der Waals surface area contributed by atoms with Crippen LogP contribution >= 0.6 is 0 Å². The average Bonchev–Trinajstić information content (AvgIpc) is 2.66. The molecule has 2 aromatic rings. The van der Waals surface area contributed by atoms with Crippen LogP contribution in [0, 0.1) is 18.8 Å². The number of carbonyl (C=O) groups excluding carboxylic acids is 1. The minimum Gasteiger partial charge on any atom is -0.505 e. The highest BCUT2D eigenvalue weighted by Crippen LogP contribution is 2.29. The van der Waals surface area contributed by atoms with Gasteiger partial charge in [0.05, 0.1) is 13.2 Å². The zero-order chi connectivity index (χ0) is 22.3. The van der Waals surface area contributed by atoms with Crippen molar-refractivity contribution in [3.8, 4) is 23.3 Å². The highest BCUT2D eigenvalue weighted by atomic mass is 16.5. The normalized spacial score (nSPS) is 10.7. The lowest BCUT2D eigenvalue weighted by atomic mass is 10.0. The van der Waals surface area contributed by atoms with E-state index in [1.807, 2.05) is 19.9 Å². The fraction of sp³-hybridized carbons (Fsp3) is 0.417. The van der Waals surface area contributed by atoms with Crippen molar-refractivity contribution in [3.63, 3.8) is 0 Å². The van der Waals surface area contributed by atoms with Crippen molar-refractivity contribution in [1.82, 2.24) is 10.3 Å². The van der Waals surface area contributed by atoms with E-state index in [0.717, 1.165) is 17.0 Å². The minimum atomic E-state index is -0.405. The number of aryl methyl sites for hydroxylation is 1. The lowest BCUT2D eigenvalue weighted by Crippen LogP contribution is -2.41. The maximum atomic E-state index is 11.9. The lowest BCUT2D eigenvalue weighted by Gasteiger charge is -2.36. The molecule has 1 amide bonds. The van der Waals surface area contributed by atoms with E-state index in [4.69, 9.17) is 4.74 Å². The van der Waals surface area contributed by atoms with Crippen molar-refractivity contribution in [3.05, 3.63) is 47.3 Å². The van der Waals surface area contributed by atoms with Crippen LogP contribution in [0.5, 0.6) is 11.5 Å². The molecule has 0 bridgehead atoms. The van der Waals surface area contributed by atoms with Crippen LogP contribution in [0.3, 0.4) is 0 Å². The Kier molecular flexibility index (Phi) is 7.71. The van der Waals surface area contributed by atoms with Gasteiger partial charge in [-0.3, -0.25) is 4.79 Å². The summed E-state index contributed by atoms with van der Waals surface area (Å²) in [4.78, 5) is 18.1. The van der Waals surface area contributed by atoms with Crippen molar-refractivity contribution in [2.75, 3.05) is 24.6 Å². The number of pyridine rings is 1. The van der Waals surface area contributed by atoms with Crippen molar-refractivity contribution in [2.24, 2.45) is 0 Å². The fourth-order valence-electron chi connectivity index (χ4n) is 2.94. The molecule has 160 valence electrons. The molecule has 6 heteroatoms. The molecule has 0 aliphatic carbocycles. The molecular formula is C24H31N3O3. The van der Waals surface area contributed by atoms with Gasteiger partial charge in [0.15, 0.2) is 5.69 Å². The van der Waals surface area contributed by atoms with Gasteiger partial charge in [-0.2, -0.15) is 0 Å². The molecule has 0 radical (unpaired) electrons. The molecular weight excluding hydrogens is 378 g/mol. The van der Waals surface area contributed by atoms with Crippen LogP contribution in [0.15, 0.2) is 30.5 Å². The SMILES string of the molecule is CCNC(=O)c1ncc(C#CCN(c2ccc(C)c(OCC)c2)C(C)(C)C)cc1O. The molecule has 30 heavy (non-hydrogen) atoms. The lowest BCUT2D eigenvalue weighted by molar-refractivity contribution is 0.0948. The van der Waals surface area contributed by atoms with Gasteiger partial charge in [-0.05, 0) is 59.2 Å². The molecule has 0 fully saturated rings. The van der Waals surface area contributed by atoms with Gasteiger partial charge in [0.2, 0.25) is 0 Å². The molecule has 0 atom stereocenters. The van der Waals surface area contributed by atoms with Gasteiger partial charge in [-0.25, -0.2) is 4.98 Å². The summed E-state index contributed by atoms with van der Waals surface area (Å²) in [5.41, 5.74) is 2.51. The third-order valence-electron chi connectivity index (χ3n) is 4.48. The van der Waals surface area contributed by atoms with Crippen LogP contribution < -0.4 is 15.0 Å². The summed E-state index contributed by atoms with van der Waals surface area (Å²) in [5, 5.41) is 12.7. The maximum absolute atomic E-state index is 11.9. The number of carbonyl (C=O) groups is 1. The summed E-state index contributed by atoms with van der Waals surface area (Å²) in [5.74, 6) is 6.47. The largest absolute Gasteiger partial charge is 0.505 e. The predicted octanol–water partition coefficient (Wildman–Crippen LogP) is 3.90. The first-order chi connectivity index (χ1) is 14.2. The molecule has 0 aliphatic heterocycles. The summed E-state index contributed by atoms with van der Waals surface area (Å²) in [6.45, 7) is 13.8. The number of hydrogen-bond acceptors (Lipinski definition) is 5. The van der Waals surface area contributed by atoms with Crippen molar-refractivity contribution < 1.29 is 14.6 Å². The standard InChI is InChI=1S/C24H31N3O3/c1-7-25-23(29)22-20(28)14-18(16-26-22)10-9-13-27(24(4,5)6)19-12-11-17(3)21(15-19)30-8-2/h11-12,14-16,28H,7-8,13H2,1-6H3,(H,25,29). The number of aromatic hydroxyl groups is 1. The quantitative estimate of drug-likeness (QED) is 0.708. The van der Waals surface area contributed by atoms with Gasteiger partial charge in [-0.15, -0.1) is 0 Å². The number of nitrogens with one attached hydrogen (secondary N) is 1. The summed E-state index contributed by atoms with van der Waals surface area (Å²) >= 11 is 0. The van der Waals surface area contributed by atoms with Crippen LogP contribution in [0.4, 0.5) is 5.69 Å². The van der Waals surface area contributed by atoms with Crippen molar-refractivity contribution in [1.29, 1.82) is 0 Å². The van der Waals surface area contributed by atoms with E-state index in [-0.39, 0.29) is 17.0 Å². The highest BCUT2D eigenvalue weighted by Gasteiger charge is 2.21. The number of hydrogen-bond donors (Lipinski definition) is 2. The molecule has 2 rings (SSSR count). The minimum absolute atomic E-state index is 0.00169. The van der Waals surface area contributed by atoms with Gasteiger partial charge in [0.25, 0.3) is 5.91 Å². The Morgan fingerprint density at radius 3 is 2.60 bits per heavy atom. The van der Waals surface area contributed by atoms with Crippen LogP contribution in [0.1, 0.15) is 56.2 Å². The van der Waals surface area contributed by atoms with Crippen molar-refractivity contribution in [2.45, 2.75) is 47.1 Å². The summed E-state index contributed by atoms with van der Waals surface area (Å²) in [7, 11) is 0. The molecule has 0 saturated carbocycles. The zero-order valence-electron chi connectivity index (χ0n) is 18.7. The second-order valence-electron chi connectivity index (χ2n) is 7.89. The smallest absolute Gasteiger partial charge is 0.273 e. The third kappa shape index (κ3) is 5.90. The molecule has 1 heterocycles. The average molecular weight is 410 g/mol. The van der Waals surface area contributed by atoms with Gasteiger partial charge in [0.1, 0.15) is 11.5 Å². The zero-order valence-corrected chi connectivity index (χ0v) is 18.7. The van der Waals surface area contributed by atoms with Gasteiger partial charge in [-0.1, -0.05) is 17.9 Å². The highest BCUT2D eigenvalue weighted by molar-refractivity contribution is 5.94. The van der Waals surface area contributed by atoms with Gasteiger partial charge < -0.3 is 20.1 Å². The fourth-order valence-corrected chi connectivity index (χ4v) is 2.94. The molecule has 6 nitrogen and oxygen atoms in total. The van der Waals surface area contributed by atoms with E-state index in [1.165, 1.54) is 12.3 Å². The van der Waals surface area contributed by atoms with E-state index >= 15 is 0 Å². The summed E-state index contributed by atoms with van der Waals surface area (Å²) < 4.78 is 5.74. The second-order valence-corrected chi connectivity index (χ2v) is 7.89. The summed E-state index contributed by atoms with van der Waals surface area (Å²) in [6, 6.07) is 7.62.